The summed E-state index contributed by atoms with van der Waals surface area (Å²) in [6, 6.07) is 2.09. The zero-order valence-corrected chi connectivity index (χ0v) is 9.93. The second kappa shape index (κ2) is 6.01. The van der Waals surface area contributed by atoms with Gasteiger partial charge in [0.15, 0.2) is 0 Å². The molecule has 0 fully saturated rings. The van der Waals surface area contributed by atoms with Crippen LogP contribution in [0.3, 0.4) is 0 Å². The van der Waals surface area contributed by atoms with Crippen LogP contribution < -0.4 is 11.1 Å². The number of halogens is 1. The Bertz CT molecular complexity index is 312. The maximum atomic E-state index is 10.9. The molecule has 1 rings (SSSR count). The van der Waals surface area contributed by atoms with Crippen LogP contribution in [-0.2, 0) is 11.3 Å². The number of carbonyl (C=O) groups is 1. The lowest BCUT2D eigenvalue weighted by Crippen LogP contribution is -2.29. The van der Waals surface area contributed by atoms with Gasteiger partial charge >= 0.3 is 0 Å². The Labute approximate surface area is 94.1 Å². The van der Waals surface area contributed by atoms with Gasteiger partial charge in [0.05, 0.1) is 6.54 Å². The molecular weight excluding hydrogens is 220 g/mol. The lowest BCUT2D eigenvalue weighted by atomic mass is 10.2. The first-order chi connectivity index (χ1) is 6.13. The highest BCUT2D eigenvalue weighted by Crippen LogP contribution is 2.19. The summed E-state index contributed by atoms with van der Waals surface area (Å²) < 4.78 is 0. The predicted molar refractivity (Wildman–Crippen MR) is 61.9 cm³/mol. The molecule has 0 aliphatic heterocycles. The molecule has 0 spiro atoms. The molecule has 0 aliphatic rings. The van der Waals surface area contributed by atoms with Crippen molar-refractivity contribution in [1.29, 1.82) is 0 Å². The van der Waals surface area contributed by atoms with E-state index in [4.69, 9.17) is 5.73 Å². The van der Waals surface area contributed by atoms with Gasteiger partial charge in [-0.25, -0.2) is 0 Å². The standard InChI is InChI=1S/C9H14N2OS.ClH/c1-6-3-8(7(2)13-6)5-11-9(12)4-10;/h3H,4-5,10H2,1-2H3,(H,11,12);1H. The van der Waals surface area contributed by atoms with Crippen LogP contribution in [0.15, 0.2) is 6.07 Å². The fraction of sp³-hybridized carbons (Fsp3) is 0.444. The second-order valence-electron chi connectivity index (χ2n) is 2.92. The molecule has 3 N–H and O–H groups in total. The first-order valence-corrected chi connectivity index (χ1v) is 4.98. The van der Waals surface area contributed by atoms with E-state index in [0.717, 1.165) is 0 Å². The van der Waals surface area contributed by atoms with E-state index in [9.17, 15) is 4.79 Å². The molecule has 0 saturated carbocycles. The smallest absolute Gasteiger partial charge is 0.234 e. The number of hydrogen-bond acceptors (Lipinski definition) is 3. The van der Waals surface area contributed by atoms with Gasteiger partial charge in [-0.1, -0.05) is 0 Å². The summed E-state index contributed by atoms with van der Waals surface area (Å²) in [5.41, 5.74) is 6.35. The molecular formula is C9H15ClN2OS. The molecule has 0 radical (unpaired) electrons. The summed E-state index contributed by atoms with van der Waals surface area (Å²) in [4.78, 5) is 13.4. The average Bonchev–Trinajstić information content (AvgIpc) is 2.41. The molecule has 0 unspecified atom stereocenters. The van der Waals surface area contributed by atoms with Gasteiger partial charge in [-0.05, 0) is 25.5 Å². The van der Waals surface area contributed by atoms with Crippen LogP contribution in [0.1, 0.15) is 15.3 Å². The Morgan fingerprint density at radius 2 is 2.21 bits per heavy atom. The van der Waals surface area contributed by atoms with Crippen LogP contribution in [0.4, 0.5) is 0 Å². The Morgan fingerprint density at radius 3 is 2.64 bits per heavy atom. The van der Waals surface area contributed by atoms with Crippen LogP contribution in [0.2, 0.25) is 0 Å². The normalized spacial score (nSPS) is 9.36. The molecule has 1 aromatic rings. The number of carbonyl (C=O) groups excluding carboxylic acids is 1. The van der Waals surface area contributed by atoms with Crippen molar-refractivity contribution in [2.45, 2.75) is 20.4 Å². The molecule has 80 valence electrons. The van der Waals surface area contributed by atoms with Gasteiger partial charge in [0.2, 0.25) is 5.91 Å². The number of amides is 1. The highest BCUT2D eigenvalue weighted by atomic mass is 35.5. The zero-order chi connectivity index (χ0) is 9.84. The summed E-state index contributed by atoms with van der Waals surface area (Å²) in [6.45, 7) is 4.77. The topological polar surface area (TPSA) is 55.1 Å². The van der Waals surface area contributed by atoms with Gasteiger partial charge in [-0.3, -0.25) is 4.79 Å². The number of aryl methyl sites for hydroxylation is 2. The minimum atomic E-state index is -0.108. The van der Waals surface area contributed by atoms with E-state index < -0.39 is 0 Å². The lowest BCUT2D eigenvalue weighted by Gasteiger charge is -2.01. The number of nitrogens with one attached hydrogen (secondary N) is 1. The Hall–Kier alpha value is -0.580. The van der Waals surface area contributed by atoms with E-state index in [1.165, 1.54) is 15.3 Å². The monoisotopic (exact) mass is 234 g/mol. The quantitative estimate of drug-likeness (QED) is 0.830. The van der Waals surface area contributed by atoms with Crippen LogP contribution >= 0.6 is 23.7 Å². The van der Waals surface area contributed by atoms with Crippen molar-refractivity contribution in [3.8, 4) is 0 Å². The highest BCUT2D eigenvalue weighted by molar-refractivity contribution is 7.12. The number of thiophene rings is 1. The van der Waals surface area contributed by atoms with E-state index in [0.29, 0.717) is 6.54 Å². The van der Waals surface area contributed by atoms with Crippen LogP contribution in [-0.4, -0.2) is 12.5 Å². The van der Waals surface area contributed by atoms with Gasteiger partial charge in [-0.2, -0.15) is 0 Å². The second-order valence-corrected chi connectivity index (χ2v) is 4.38. The van der Waals surface area contributed by atoms with Gasteiger partial charge in [0.25, 0.3) is 0 Å². The van der Waals surface area contributed by atoms with Gasteiger partial charge in [-0.15, -0.1) is 23.7 Å². The van der Waals surface area contributed by atoms with Crippen LogP contribution in [0.25, 0.3) is 0 Å². The summed E-state index contributed by atoms with van der Waals surface area (Å²) in [6.07, 6.45) is 0. The Kier molecular flexibility index (Phi) is 5.76. The summed E-state index contributed by atoms with van der Waals surface area (Å²) >= 11 is 1.75. The largest absolute Gasteiger partial charge is 0.351 e. The van der Waals surface area contributed by atoms with Crippen LogP contribution in [0, 0.1) is 13.8 Å². The number of rotatable bonds is 3. The maximum Gasteiger partial charge on any atom is 0.234 e. The lowest BCUT2D eigenvalue weighted by molar-refractivity contribution is -0.119. The van der Waals surface area contributed by atoms with Crippen molar-refractivity contribution >= 4 is 29.7 Å². The summed E-state index contributed by atoms with van der Waals surface area (Å²) in [5.74, 6) is -0.108. The molecule has 1 heterocycles. The van der Waals surface area contributed by atoms with Crippen molar-refractivity contribution in [3.63, 3.8) is 0 Å². The molecule has 5 heteroatoms. The third-order valence-electron chi connectivity index (χ3n) is 1.81. The molecule has 0 aromatic carbocycles. The van der Waals surface area contributed by atoms with E-state index in [-0.39, 0.29) is 24.9 Å². The number of nitrogens with two attached hydrogens (primary N) is 1. The first-order valence-electron chi connectivity index (χ1n) is 4.16. The van der Waals surface area contributed by atoms with Crippen molar-refractivity contribution in [1.82, 2.24) is 5.32 Å². The van der Waals surface area contributed by atoms with Crippen molar-refractivity contribution in [3.05, 3.63) is 21.4 Å². The third-order valence-corrected chi connectivity index (χ3v) is 2.81. The van der Waals surface area contributed by atoms with E-state index in [1.807, 2.05) is 0 Å². The molecule has 1 amide bonds. The molecule has 0 aliphatic carbocycles. The average molecular weight is 235 g/mol. The molecule has 0 atom stereocenters. The molecule has 0 bridgehead atoms. The molecule has 0 saturated heterocycles. The zero-order valence-electron chi connectivity index (χ0n) is 8.29. The van der Waals surface area contributed by atoms with Crippen molar-refractivity contribution in [2.75, 3.05) is 6.54 Å². The summed E-state index contributed by atoms with van der Waals surface area (Å²) in [7, 11) is 0. The predicted octanol–water partition coefficient (Wildman–Crippen LogP) is 1.36. The van der Waals surface area contributed by atoms with Crippen molar-refractivity contribution < 1.29 is 4.79 Å². The minimum absolute atomic E-state index is 0. The maximum absolute atomic E-state index is 10.9. The van der Waals surface area contributed by atoms with Crippen LogP contribution in [0.5, 0.6) is 0 Å². The SMILES string of the molecule is Cc1cc(CNC(=O)CN)c(C)s1.Cl. The minimum Gasteiger partial charge on any atom is -0.351 e. The first kappa shape index (κ1) is 13.4. The molecule has 3 nitrogen and oxygen atoms in total. The van der Waals surface area contributed by atoms with Gasteiger partial charge in [0, 0.05) is 16.3 Å². The molecule has 1 aromatic heterocycles. The van der Waals surface area contributed by atoms with Gasteiger partial charge in [0.1, 0.15) is 0 Å². The van der Waals surface area contributed by atoms with Crippen molar-refractivity contribution in [2.24, 2.45) is 5.73 Å². The summed E-state index contributed by atoms with van der Waals surface area (Å²) in [5, 5.41) is 2.75. The third kappa shape index (κ3) is 3.65. The molecule has 14 heavy (non-hydrogen) atoms. The fourth-order valence-electron chi connectivity index (χ4n) is 1.12. The van der Waals surface area contributed by atoms with E-state index >= 15 is 0 Å². The fourth-order valence-corrected chi connectivity index (χ4v) is 2.07. The Balaban J connectivity index is 0.00000169. The highest BCUT2D eigenvalue weighted by Gasteiger charge is 2.03. The van der Waals surface area contributed by atoms with Gasteiger partial charge < -0.3 is 11.1 Å². The van der Waals surface area contributed by atoms with E-state index in [1.54, 1.807) is 11.3 Å². The number of hydrogen-bond donors (Lipinski definition) is 2. The Morgan fingerprint density at radius 1 is 1.57 bits per heavy atom. The van der Waals surface area contributed by atoms with E-state index in [2.05, 4.69) is 25.2 Å².